The van der Waals surface area contributed by atoms with Crippen molar-refractivity contribution in [3.05, 3.63) is 76.3 Å². The third kappa shape index (κ3) is 2.46. The van der Waals surface area contributed by atoms with Gasteiger partial charge in [0.15, 0.2) is 0 Å². The summed E-state index contributed by atoms with van der Waals surface area (Å²) in [5.41, 5.74) is 4.07. The Kier molecular flexibility index (Phi) is 3.48. The van der Waals surface area contributed by atoms with Gasteiger partial charge in [-0.25, -0.2) is 4.98 Å². The zero-order chi connectivity index (χ0) is 16.0. The lowest BCUT2D eigenvalue weighted by Crippen LogP contribution is -1.90. The number of halogens is 2. The lowest BCUT2D eigenvalue weighted by atomic mass is 9.99. The topological polar surface area (TPSA) is 12.9 Å². The average molecular weight is 338 g/mol. The molecule has 0 aliphatic heterocycles. The molecule has 0 spiro atoms. The van der Waals surface area contributed by atoms with Gasteiger partial charge in [0.25, 0.3) is 0 Å². The van der Waals surface area contributed by atoms with Crippen molar-refractivity contribution in [2.75, 3.05) is 0 Å². The zero-order valence-corrected chi connectivity index (χ0v) is 14.0. The Labute approximate surface area is 144 Å². The van der Waals surface area contributed by atoms with Crippen LogP contribution in [-0.2, 0) is 0 Å². The maximum absolute atomic E-state index is 6.14. The van der Waals surface area contributed by atoms with E-state index in [-0.39, 0.29) is 0 Å². The van der Waals surface area contributed by atoms with Crippen molar-refractivity contribution in [2.45, 2.75) is 6.92 Å². The molecule has 23 heavy (non-hydrogen) atoms. The van der Waals surface area contributed by atoms with Gasteiger partial charge in [0, 0.05) is 10.9 Å². The first-order valence-corrected chi connectivity index (χ1v) is 8.13. The van der Waals surface area contributed by atoms with E-state index in [9.17, 15) is 0 Å². The van der Waals surface area contributed by atoms with Crippen LogP contribution in [0.3, 0.4) is 0 Å². The molecule has 0 amide bonds. The molecule has 0 N–H and O–H groups in total. The third-order valence-electron chi connectivity index (χ3n) is 4.11. The van der Waals surface area contributed by atoms with Gasteiger partial charge in [-0.15, -0.1) is 0 Å². The molecule has 0 atom stereocenters. The van der Waals surface area contributed by atoms with Crippen molar-refractivity contribution in [1.82, 2.24) is 4.98 Å². The van der Waals surface area contributed by atoms with E-state index in [2.05, 4.69) is 49.4 Å². The largest absolute Gasteiger partial charge is 0.248 e. The summed E-state index contributed by atoms with van der Waals surface area (Å²) in [6, 6.07) is 20.3. The standard InChI is InChI=1S/C20H13Cl2N/c1-12-10-19(14-6-8-16(21)17(22)11-14)23-18-9-7-13-4-2-3-5-15(13)20(12)18/h2-11H,1H3. The normalized spacial score (nSPS) is 11.3. The zero-order valence-electron chi connectivity index (χ0n) is 12.5. The maximum Gasteiger partial charge on any atom is 0.0718 e. The predicted molar refractivity (Wildman–Crippen MR) is 99.4 cm³/mol. The van der Waals surface area contributed by atoms with Crippen LogP contribution in [0.1, 0.15) is 5.56 Å². The number of hydrogen-bond donors (Lipinski definition) is 0. The number of pyridine rings is 1. The Morgan fingerprint density at radius 2 is 1.65 bits per heavy atom. The van der Waals surface area contributed by atoms with Gasteiger partial charge in [-0.1, -0.05) is 59.6 Å². The molecule has 0 aliphatic carbocycles. The Morgan fingerprint density at radius 3 is 2.48 bits per heavy atom. The molecule has 0 fully saturated rings. The van der Waals surface area contributed by atoms with E-state index in [1.54, 1.807) is 6.07 Å². The molecule has 0 unspecified atom stereocenters. The smallest absolute Gasteiger partial charge is 0.0718 e. The molecule has 4 rings (SSSR count). The van der Waals surface area contributed by atoms with E-state index in [1.165, 1.54) is 21.7 Å². The molecular weight excluding hydrogens is 325 g/mol. The summed E-state index contributed by atoms with van der Waals surface area (Å²) in [4.78, 5) is 4.83. The van der Waals surface area contributed by atoms with Crippen molar-refractivity contribution < 1.29 is 0 Å². The van der Waals surface area contributed by atoms with Crippen LogP contribution in [0, 0.1) is 6.92 Å². The van der Waals surface area contributed by atoms with Crippen LogP contribution in [0.4, 0.5) is 0 Å². The van der Waals surface area contributed by atoms with Crippen LogP contribution in [0.25, 0.3) is 32.9 Å². The first-order valence-electron chi connectivity index (χ1n) is 7.38. The molecule has 0 radical (unpaired) electrons. The molecule has 0 saturated carbocycles. The van der Waals surface area contributed by atoms with E-state index in [1.807, 2.05) is 12.1 Å². The van der Waals surface area contributed by atoms with Gasteiger partial charge in [0.1, 0.15) is 0 Å². The second-order valence-corrected chi connectivity index (χ2v) is 6.45. The monoisotopic (exact) mass is 337 g/mol. The SMILES string of the molecule is Cc1cc(-c2ccc(Cl)c(Cl)c2)nc2ccc3ccccc3c12. The van der Waals surface area contributed by atoms with Crippen molar-refractivity contribution in [3.63, 3.8) is 0 Å². The van der Waals surface area contributed by atoms with E-state index in [4.69, 9.17) is 28.2 Å². The molecule has 112 valence electrons. The quantitative estimate of drug-likeness (QED) is 0.353. The average Bonchev–Trinajstić information content (AvgIpc) is 2.56. The lowest BCUT2D eigenvalue weighted by Gasteiger charge is -2.10. The molecule has 1 heterocycles. The Hall–Kier alpha value is -2.09. The molecule has 1 nitrogen and oxygen atoms in total. The van der Waals surface area contributed by atoms with Crippen LogP contribution in [-0.4, -0.2) is 4.98 Å². The predicted octanol–water partition coefficient (Wildman–Crippen LogP) is 6.67. The summed E-state index contributed by atoms with van der Waals surface area (Å²) in [5, 5.41) is 4.76. The van der Waals surface area contributed by atoms with E-state index in [0.717, 1.165) is 16.8 Å². The van der Waals surface area contributed by atoms with E-state index < -0.39 is 0 Å². The summed E-state index contributed by atoms with van der Waals surface area (Å²) in [7, 11) is 0. The highest BCUT2D eigenvalue weighted by molar-refractivity contribution is 6.42. The molecule has 1 aromatic heterocycles. The Morgan fingerprint density at radius 1 is 0.826 bits per heavy atom. The number of fused-ring (bicyclic) bond motifs is 3. The number of benzene rings is 3. The fraction of sp³-hybridized carbons (Fsp3) is 0.0500. The van der Waals surface area contributed by atoms with Gasteiger partial charge in [0.05, 0.1) is 21.3 Å². The summed E-state index contributed by atoms with van der Waals surface area (Å²) in [6.07, 6.45) is 0. The maximum atomic E-state index is 6.14. The molecule has 0 bridgehead atoms. The van der Waals surface area contributed by atoms with Gasteiger partial charge < -0.3 is 0 Å². The minimum atomic E-state index is 0.544. The van der Waals surface area contributed by atoms with E-state index >= 15 is 0 Å². The van der Waals surface area contributed by atoms with Crippen molar-refractivity contribution >= 4 is 44.9 Å². The first-order chi connectivity index (χ1) is 11.1. The molecule has 3 heteroatoms. The van der Waals surface area contributed by atoms with Crippen molar-refractivity contribution in [1.29, 1.82) is 0 Å². The minimum Gasteiger partial charge on any atom is -0.248 e. The van der Waals surface area contributed by atoms with Crippen molar-refractivity contribution in [3.8, 4) is 11.3 Å². The van der Waals surface area contributed by atoms with Crippen LogP contribution in [0.15, 0.2) is 60.7 Å². The number of aromatic nitrogens is 1. The van der Waals surface area contributed by atoms with Crippen molar-refractivity contribution in [2.24, 2.45) is 0 Å². The molecule has 0 saturated heterocycles. The highest BCUT2D eigenvalue weighted by Crippen LogP contribution is 2.32. The van der Waals surface area contributed by atoms with Crippen LogP contribution in [0.2, 0.25) is 10.0 Å². The van der Waals surface area contributed by atoms with Gasteiger partial charge in [-0.3, -0.25) is 0 Å². The summed E-state index contributed by atoms with van der Waals surface area (Å²) < 4.78 is 0. The van der Waals surface area contributed by atoms with Crippen LogP contribution in [0.5, 0.6) is 0 Å². The van der Waals surface area contributed by atoms with Gasteiger partial charge in [-0.2, -0.15) is 0 Å². The second kappa shape index (κ2) is 5.52. The van der Waals surface area contributed by atoms with Crippen LogP contribution < -0.4 is 0 Å². The van der Waals surface area contributed by atoms with E-state index in [0.29, 0.717) is 10.0 Å². The van der Waals surface area contributed by atoms with Crippen LogP contribution >= 0.6 is 23.2 Å². The van der Waals surface area contributed by atoms with Gasteiger partial charge in [-0.05, 0) is 47.5 Å². The third-order valence-corrected chi connectivity index (χ3v) is 4.85. The lowest BCUT2D eigenvalue weighted by molar-refractivity contribution is 1.37. The highest BCUT2D eigenvalue weighted by atomic mass is 35.5. The Balaban J connectivity index is 2.00. The fourth-order valence-electron chi connectivity index (χ4n) is 3.01. The number of aryl methyl sites for hydroxylation is 1. The number of rotatable bonds is 1. The molecule has 0 aliphatic rings. The fourth-order valence-corrected chi connectivity index (χ4v) is 3.31. The summed E-state index contributed by atoms with van der Waals surface area (Å²) in [5.74, 6) is 0. The molecule has 4 aromatic rings. The molecule has 3 aromatic carbocycles. The molecular formula is C20H13Cl2N. The summed E-state index contributed by atoms with van der Waals surface area (Å²) >= 11 is 12.1. The van der Waals surface area contributed by atoms with Gasteiger partial charge >= 0.3 is 0 Å². The number of nitrogens with zero attached hydrogens (tertiary/aromatic N) is 1. The highest BCUT2D eigenvalue weighted by Gasteiger charge is 2.09. The van der Waals surface area contributed by atoms with Gasteiger partial charge in [0.2, 0.25) is 0 Å². The second-order valence-electron chi connectivity index (χ2n) is 5.63. The number of hydrogen-bond acceptors (Lipinski definition) is 1. The Bertz CT molecular complexity index is 1050. The summed E-state index contributed by atoms with van der Waals surface area (Å²) in [6.45, 7) is 2.12. The minimum absolute atomic E-state index is 0.544. The first kappa shape index (κ1) is 14.5.